The minimum absolute atomic E-state index is 0.0857. The number of allylic oxidation sites excluding steroid dienone is 1. The quantitative estimate of drug-likeness (QED) is 0.247. The molecule has 3 fully saturated rings. The molecule has 1 N–H and O–H groups in total. The predicted octanol–water partition coefficient (Wildman–Crippen LogP) is 6.32. The van der Waals surface area contributed by atoms with Crippen LogP contribution < -0.4 is 0 Å². The van der Waals surface area contributed by atoms with Gasteiger partial charge in [0, 0.05) is 29.6 Å². The third kappa shape index (κ3) is 5.29. The van der Waals surface area contributed by atoms with Crippen LogP contribution in [0.15, 0.2) is 36.0 Å². The predicted molar refractivity (Wildman–Crippen MR) is 180 cm³/mol. The standard InChI is InChI=1S/C38H49ClN2O6/c1-7-23-10-12-24(13-11-23)20-41-29-16-26-15-28(39)34-27-14-22(4)38(47-33(45)9-3,31(43)21-46-32(44)8-2)37(27,6)18-30(42)35(34)36(26,5)17-25(29)19-40-41/h10-13,16,19,22,27-28,30,34-35,42H,7-9,14-15,17-18,20-21H2,1-6H3/t22-,27+,28-,30+,34-,35+,36+,37+,38-/m1/s1. The molecule has 3 saturated carbocycles. The smallest absolute Gasteiger partial charge is 0.306 e. The van der Waals surface area contributed by atoms with Crippen LogP contribution in [0.25, 0.3) is 6.08 Å². The molecule has 1 aromatic carbocycles. The number of aliphatic hydroxyl groups excluding tert-OH is 1. The number of ether oxygens (including phenoxy) is 2. The van der Waals surface area contributed by atoms with Crippen LogP contribution in [-0.4, -0.2) is 56.3 Å². The van der Waals surface area contributed by atoms with Gasteiger partial charge in [-0.3, -0.25) is 19.1 Å². The Labute approximate surface area is 283 Å². The molecule has 0 amide bonds. The second-order valence-corrected chi connectivity index (χ2v) is 15.5. The molecule has 1 aromatic heterocycles. The average molecular weight is 665 g/mol. The second kappa shape index (κ2) is 12.5. The Balaban J connectivity index is 1.34. The fourth-order valence-electron chi connectivity index (χ4n) is 10.1. The van der Waals surface area contributed by atoms with Gasteiger partial charge in [-0.15, -0.1) is 11.6 Å². The third-order valence-electron chi connectivity index (χ3n) is 12.4. The number of carbonyl (C=O) groups excluding carboxylic acids is 3. The van der Waals surface area contributed by atoms with Crippen LogP contribution in [0.1, 0.15) is 96.0 Å². The molecule has 1 heterocycles. The summed E-state index contributed by atoms with van der Waals surface area (Å²) in [7, 11) is 0. The maximum Gasteiger partial charge on any atom is 0.306 e. The van der Waals surface area contributed by atoms with Crippen LogP contribution in [0.5, 0.6) is 0 Å². The van der Waals surface area contributed by atoms with E-state index in [1.807, 2.05) is 20.0 Å². The van der Waals surface area contributed by atoms with E-state index < -0.39 is 41.4 Å². The second-order valence-electron chi connectivity index (χ2n) is 14.9. The Kier molecular flexibility index (Phi) is 9.01. The van der Waals surface area contributed by atoms with E-state index in [1.54, 1.807) is 13.8 Å². The van der Waals surface area contributed by atoms with Crippen LogP contribution in [-0.2, 0) is 43.2 Å². The minimum atomic E-state index is -1.53. The van der Waals surface area contributed by atoms with Crippen molar-refractivity contribution in [1.82, 2.24) is 9.78 Å². The lowest BCUT2D eigenvalue weighted by Gasteiger charge is -2.61. The fourth-order valence-corrected chi connectivity index (χ4v) is 10.6. The molecular weight excluding hydrogens is 616 g/mol. The number of halogens is 1. The minimum Gasteiger partial charge on any atom is -0.457 e. The molecule has 0 aliphatic heterocycles. The summed E-state index contributed by atoms with van der Waals surface area (Å²) >= 11 is 7.40. The maximum atomic E-state index is 14.2. The SMILES string of the molecule is CCC(=O)OCC(=O)[C@]1(OC(=O)CC)[C@H](C)C[C@H]2[C@H]3[C@H]([C@@H](O)C[C@@]21C)[C@@]1(C)Cc2cnn(Cc4ccc(CC)cc4)c2C=C1C[C@H]3Cl. The van der Waals surface area contributed by atoms with Crippen molar-refractivity contribution >= 4 is 35.4 Å². The highest BCUT2D eigenvalue weighted by Gasteiger charge is 2.74. The van der Waals surface area contributed by atoms with Crippen LogP contribution in [0.4, 0.5) is 0 Å². The van der Waals surface area contributed by atoms with Crippen molar-refractivity contribution in [3.05, 3.63) is 58.4 Å². The molecule has 8 nitrogen and oxygen atoms in total. The molecule has 0 bridgehead atoms. The monoisotopic (exact) mass is 664 g/mol. The topological polar surface area (TPSA) is 108 Å². The fraction of sp³-hybridized carbons (Fsp3) is 0.632. The summed E-state index contributed by atoms with van der Waals surface area (Å²) < 4.78 is 13.6. The summed E-state index contributed by atoms with van der Waals surface area (Å²) in [6, 6.07) is 8.68. The van der Waals surface area contributed by atoms with E-state index in [2.05, 4.69) is 48.9 Å². The van der Waals surface area contributed by atoms with Gasteiger partial charge in [0.1, 0.15) is 0 Å². The lowest BCUT2D eigenvalue weighted by molar-refractivity contribution is -0.207. The molecule has 0 saturated heterocycles. The Bertz CT molecular complexity index is 1580. The van der Waals surface area contributed by atoms with Crippen LogP contribution in [0.2, 0.25) is 0 Å². The molecule has 6 rings (SSSR count). The van der Waals surface area contributed by atoms with E-state index in [0.29, 0.717) is 19.4 Å². The zero-order valence-electron chi connectivity index (χ0n) is 28.6. The molecule has 4 aliphatic carbocycles. The Hall–Kier alpha value is -2.97. The van der Waals surface area contributed by atoms with E-state index >= 15 is 0 Å². The number of aliphatic hydroxyl groups is 1. The lowest BCUT2D eigenvalue weighted by Crippen LogP contribution is -2.66. The van der Waals surface area contributed by atoms with Crippen LogP contribution in [0, 0.1) is 34.5 Å². The van der Waals surface area contributed by atoms with Gasteiger partial charge in [-0.2, -0.15) is 5.10 Å². The highest BCUT2D eigenvalue weighted by atomic mass is 35.5. The number of hydrogen-bond acceptors (Lipinski definition) is 7. The van der Waals surface area contributed by atoms with Gasteiger partial charge < -0.3 is 14.6 Å². The largest absolute Gasteiger partial charge is 0.457 e. The molecule has 9 heteroatoms. The summed E-state index contributed by atoms with van der Waals surface area (Å²) in [5, 5.41) is 16.8. The normalized spacial score (nSPS) is 35.5. The van der Waals surface area contributed by atoms with Crippen molar-refractivity contribution in [3.8, 4) is 0 Å². The van der Waals surface area contributed by atoms with E-state index in [1.165, 1.54) is 16.7 Å². The number of esters is 2. The van der Waals surface area contributed by atoms with E-state index in [0.717, 1.165) is 24.1 Å². The molecule has 0 unspecified atom stereocenters. The number of benzene rings is 1. The summed E-state index contributed by atoms with van der Waals surface area (Å²) in [6.45, 7) is 11.9. The van der Waals surface area contributed by atoms with Crippen molar-refractivity contribution in [2.75, 3.05) is 6.61 Å². The molecule has 47 heavy (non-hydrogen) atoms. The van der Waals surface area contributed by atoms with E-state index in [4.69, 9.17) is 26.2 Å². The summed E-state index contributed by atoms with van der Waals surface area (Å²) in [5.41, 5.74) is 3.22. The van der Waals surface area contributed by atoms with Crippen molar-refractivity contribution in [2.24, 2.45) is 34.5 Å². The number of fused-ring (bicyclic) bond motifs is 6. The molecule has 254 valence electrons. The highest BCUT2D eigenvalue weighted by Crippen LogP contribution is 2.70. The first kappa shape index (κ1) is 33.9. The van der Waals surface area contributed by atoms with E-state index in [-0.39, 0.29) is 53.7 Å². The summed E-state index contributed by atoms with van der Waals surface area (Å²) in [5.74, 6) is -2.08. The maximum absolute atomic E-state index is 14.2. The first-order valence-corrected chi connectivity index (χ1v) is 17.8. The Morgan fingerprint density at radius 2 is 1.74 bits per heavy atom. The number of aryl methyl sites for hydroxylation is 1. The van der Waals surface area contributed by atoms with Crippen molar-refractivity contribution in [2.45, 2.75) is 110 Å². The number of hydrogen-bond donors (Lipinski definition) is 1. The number of alkyl halides is 1. The molecule has 0 radical (unpaired) electrons. The van der Waals surface area contributed by atoms with Gasteiger partial charge in [-0.05, 0) is 78.0 Å². The number of carbonyl (C=O) groups is 3. The molecular formula is C38H49ClN2O6. The van der Waals surface area contributed by atoms with Crippen molar-refractivity contribution in [3.63, 3.8) is 0 Å². The molecule has 9 atom stereocenters. The van der Waals surface area contributed by atoms with Crippen LogP contribution >= 0.6 is 11.6 Å². The number of ketones is 1. The number of Topliss-reactive ketones (excluding diaryl/α,β-unsaturated/α-hetero) is 1. The average Bonchev–Trinajstić information content (AvgIpc) is 3.52. The highest BCUT2D eigenvalue weighted by molar-refractivity contribution is 6.21. The summed E-state index contributed by atoms with van der Waals surface area (Å²) in [6.07, 6.45) is 6.99. The number of aromatic nitrogens is 2. The molecule has 0 spiro atoms. The van der Waals surface area contributed by atoms with Gasteiger partial charge in [0.25, 0.3) is 0 Å². The van der Waals surface area contributed by atoms with Gasteiger partial charge in [0.2, 0.25) is 5.78 Å². The van der Waals surface area contributed by atoms with Gasteiger partial charge in [0.05, 0.1) is 24.5 Å². The number of nitrogens with zero attached hydrogens (tertiary/aromatic N) is 2. The Morgan fingerprint density at radius 3 is 2.40 bits per heavy atom. The van der Waals surface area contributed by atoms with Gasteiger partial charge >= 0.3 is 11.9 Å². The molecule has 4 aliphatic rings. The third-order valence-corrected chi connectivity index (χ3v) is 12.9. The first-order valence-electron chi connectivity index (χ1n) is 17.4. The number of rotatable bonds is 9. The zero-order chi connectivity index (χ0) is 33.9. The zero-order valence-corrected chi connectivity index (χ0v) is 29.3. The van der Waals surface area contributed by atoms with Crippen molar-refractivity contribution in [1.29, 1.82) is 0 Å². The van der Waals surface area contributed by atoms with Crippen molar-refractivity contribution < 1.29 is 29.0 Å². The summed E-state index contributed by atoms with van der Waals surface area (Å²) in [4.78, 5) is 39.2. The Morgan fingerprint density at radius 1 is 1.06 bits per heavy atom. The lowest BCUT2D eigenvalue weighted by atomic mass is 9.45. The van der Waals surface area contributed by atoms with Gasteiger partial charge in [-0.1, -0.05) is 71.4 Å². The van der Waals surface area contributed by atoms with Gasteiger partial charge in [-0.25, -0.2) is 0 Å². The van der Waals surface area contributed by atoms with Crippen LogP contribution in [0.3, 0.4) is 0 Å². The molecule has 2 aromatic rings. The van der Waals surface area contributed by atoms with E-state index in [9.17, 15) is 19.5 Å². The first-order chi connectivity index (χ1) is 22.3. The van der Waals surface area contributed by atoms with Gasteiger partial charge in [0.15, 0.2) is 12.2 Å².